The van der Waals surface area contributed by atoms with Gasteiger partial charge < -0.3 is 19.4 Å². The van der Waals surface area contributed by atoms with Crippen molar-refractivity contribution < 1.29 is 21.2 Å². The largest absolute Gasteiger partial charge is 2.00 e. The molecule has 1 aliphatic heterocycles. The van der Waals surface area contributed by atoms with E-state index < -0.39 is 0 Å². The van der Waals surface area contributed by atoms with E-state index in [9.17, 15) is 5.53 Å². The van der Waals surface area contributed by atoms with Crippen molar-refractivity contribution in [1.29, 1.82) is 0 Å². The normalized spacial score (nSPS) is 12.1. The van der Waals surface area contributed by atoms with Crippen LogP contribution in [0.15, 0.2) is 60.2 Å². The minimum Gasteiger partial charge on any atom is -0.493 e. The van der Waals surface area contributed by atoms with Crippen LogP contribution in [-0.2, 0) is 29.3 Å². The fourth-order valence-corrected chi connectivity index (χ4v) is 6.74. The third-order valence-corrected chi connectivity index (χ3v) is 10.3. The van der Waals surface area contributed by atoms with Crippen LogP contribution in [0.5, 0.6) is 0 Å². The Hall–Kier alpha value is -1.99. The van der Waals surface area contributed by atoms with E-state index in [-0.39, 0.29) is 16.5 Å². The van der Waals surface area contributed by atoms with Crippen LogP contribution in [0.2, 0.25) is 0 Å². The first-order chi connectivity index (χ1) is 25.5. The average molecular weight is 770 g/mol. The van der Waals surface area contributed by atoms with Gasteiger partial charge in [-0.25, -0.2) is 4.70 Å². The molecule has 0 aromatic heterocycles. The second-order valence-corrected chi connectivity index (χ2v) is 15.0. The summed E-state index contributed by atoms with van der Waals surface area (Å²) < 4.78 is 1.38. The molecule has 0 bridgehead atoms. The molecule has 1 aliphatic rings. The van der Waals surface area contributed by atoms with Crippen molar-refractivity contribution in [1.82, 2.24) is 0 Å². The van der Waals surface area contributed by atoms with Crippen molar-refractivity contribution in [3.63, 3.8) is 0 Å². The van der Waals surface area contributed by atoms with Gasteiger partial charge in [-0.2, -0.15) is 12.8 Å². The Kier molecular flexibility index (Phi) is 34.4. The monoisotopic (exact) mass is 769 g/mol. The smallest absolute Gasteiger partial charge is 0.493 e. The van der Waals surface area contributed by atoms with Gasteiger partial charge in [0.25, 0.3) is 0 Å². The van der Waals surface area contributed by atoms with Crippen LogP contribution in [-0.4, -0.2) is 4.70 Å². The number of aryl methyl sites for hydroxylation is 2. The Bertz CT molecular complexity index is 1150. The average Bonchev–Trinajstić information content (AvgIpc) is 3.52. The summed E-state index contributed by atoms with van der Waals surface area (Å²) in [6.45, 7) is 18.8. The molecule has 3 rings (SSSR count). The van der Waals surface area contributed by atoms with Gasteiger partial charge in [-0.3, -0.25) is 0 Å². The van der Waals surface area contributed by atoms with Crippen LogP contribution < -0.4 is 0 Å². The predicted molar refractivity (Wildman–Crippen MR) is 233 cm³/mol. The number of hydrogen-bond acceptors (Lipinski definition) is 0. The Morgan fingerprint density at radius 2 is 0.792 bits per heavy atom. The van der Waals surface area contributed by atoms with Gasteiger partial charge in [-0.05, 0) is 67.5 Å². The maximum Gasteiger partial charge on any atom is 2.00 e. The number of hydrogen-bond donors (Lipinski definition) is 0. The van der Waals surface area contributed by atoms with Crippen LogP contribution in [0.25, 0.3) is 16.9 Å². The number of allylic oxidation sites excluding steroid dienone is 2. The van der Waals surface area contributed by atoms with E-state index in [1.54, 1.807) is 0 Å². The van der Waals surface area contributed by atoms with Crippen LogP contribution in [0, 0.1) is 13.8 Å². The SMILES string of the molecule is CCCCc1ccc(C2=CC(CC)=C(c3ccc(CCCC)cc3)[N+]2=[N-])cc1.[CH2-]CCCCCCCCCCC.[CH2-]CCCCCCCCCCC.[Ni+2]. The van der Waals surface area contributed by atoms with Crippen LogP contribution >= 0.6 is 0 Å². The molecular formula is C50H82N2Ni. The number of unbranched alkanes of at least 4 members (excludes halogenated alkanes) is 20. The maximum absolute atomic E-state index is 11.0. The van der Waals surface area contributed by atoms with E-state index in [0.717, 1.165) is 54.6 Å². The Labute approximate surface area is 340 Å². The first-order valence-electron chi connectivity index (χ1n) is 22.2. The van der Waals surface area contributed by atoms with Crippen molar-refractivity contribution in [3.8, 4) is 0 Å². The molecule has 53 heavy (non-hydrogen) atoms. The Morgan fingerprint density at radius 3 is 1.13 bits per heavy atom. The quantitative estimate of drug-likeness (QED) is 0.0374. The third-order valence-electron chi connectivity index (χ3n) is 10.3. The van der Waals surface area contributed by atoms with Gasteiger partial charge in [0.2, 0.25) is 11.4 Å². The fourth-order valence-electron chi connectivity index (χ4n) is 6.74. The van der Waals surface area contributed by atoms with Crippen LogP contribution in [0.1, 0.15) is 217 Å². The maximum atomic E-state index is 11.0. The molecule has 2 nitrogen and oxygen atoms in total. The minimum atomic E-state index is 0. The van der Waals surface area contributed by atoms with Crippen molar-refractivity contribution in [2.75, 3.05) is 0 Å². The molecule has 0 atom stereocenters. The molecule has 0 spiro atoms. The topological polar surface area (TPSA) is 25.3 Å². The minimum absolute atomic E-state index is 0. The zero-order chi connectivity index (χ0) is 38.1. The molecule has 302 valence electrons. The summed E-state index contributed by atoms with van der Waals surface area (Å²) in [5.74, 6) is 0. The molecule has 0 radical (unpaired) electrons. The van der Waals surface area contributed by atoms with Crippen molar-refractivity contribution in [3.05, 3.63) is 102 Å². The van der Waals surface area contributed by atoms with E-state index in [2.05, 4.69) is 103 Å². The van der Waals surface area contributed by atoms with Crippen LogP contribution in [0.3, 0.4) is 0 Å². The first-order valence-corrected chi connectivity index (χ1v) is 22.2. The summed E-state index contributed by atoms with van der Waals surface area (Å²) in [6, 6.07) is 17.3. The van der Waals surface area contributed by atoms with Gasteiger partial charge in [-0.15, -0.1) is 0 Å². The molecule has 0 fully saturated rings. The molecule has 0 aliphatic carbocycles. The number of benzene rings is 2. The summed E-state index contributed by atoms with van der Waals surface area (Å²) in [5, 5.41) is 0. The fraction of sp³-hybridized carbons (Fsp3) is 0.640. The molecule has 0 saturated carbocycles. The van der Waals surface area contributed by atoms with E-state index in [1.165, 1.54) is 163 Å². The van der Waals surface area contributed by atoms with E-state index in [0.29, 0.717) is 0 Å². The predicted octanol–water partition coefficient (Wildman–Crippen LogP) is 17.1. The molecule has 1 heterocycles. The third kappa shape index (κ3) is 23.5. The van der Waals surface area contributed by atoms with Gasteiger partial charge in [0.05, 0.1) is 0 Å². The summed E-state index contributed by atoms with van der Waals surface area (Å²) in [6.07, 6.45) is 37.9. The van der Waals surface area contributed by atoms with Gasteiger partial charge in [0.15, 0.2) is 0 Å². The second kappa shape index (κ2) is 35.7. The molecule has 2 aromatic rings. The molecule has 3 heteroatoms. The number of rotatable bonds is 27. The molecule has 0 N–H and O–H groups in total. The Morgan fingerprint density at radius 1 is 0.453 bits per heavy atom. The van der Waals surface area contributed by atoms with E-state index in [1.807, 2.05) is 0 Å². The molecule has 0 saturated heterocycles. The zero-order valence-electron chi connectivity index (χ0n) is 35.4. The van der Waals surface area contributed by atoms with Gasteiger partial charge in [0.1, 0.15) is 0 Å². The van der Waals surface area contributed by atoms with Gasteiger partial charge >= 0.3 is 16.5 Å². The van der Waals surface area contributed by atoms with Crippen molar-refractivity contribution >= 4 is 11.4 Å². The molecular weight excluding hydrogens is 687 g/mol. The summed E-state index contributed by atoms with van der Waals surface area (Å²) in [7, 11) is 0. The summed E-state index contributed by atoms with van der Waals surface area (Å²) >= 11 is 0. The first kappa shape index (κ1) is 51.0. The van der Waals surface area contributed by atoms with Crippen LogP contribution in [0.4, 0.5) is 0 Å². The van der Waals surface area contributed by atoms with E-state index >= 15 is 0 Å². The summed E-state index contributed by atoms with van der Waals surface area (Å²) in [4.78, 5) is 0. The second-order valence-electron chi connectivity index (χ2n) is 15.0. The molecule has 0 unspecified atom stereocenters. The number of nitrogens with zero attached hydrogens (tertiary/aromatic N) is 2. The summed E-state index contributed by atoms with van der Waals surface area (Å²) in [5.41, 5.74) is 18.8. The molecule has 0 amide bonds. The zero-order valence-corrected chi connectivity index (χ0v) is 36.4. The van der Waals surface area contributed by atoms with Crippen molar-refractivity contribution in [2.24, 2.45) is 0 Å². The standard InChI is InChI=1S/C26H32N2.2C12H25.Ni/c1-4-7-9-20-11-15-23(16-12-20)25-19-22(6-3)26(28(25)27)24-17-13-21(14-18-24)10-8-5-2;2*1-3-5-7-9-11-12-10-8-6-4-2;/h11-19H,4-10H2,1-3H3;2*1,3-12H2,2H3;/q;2*-1;+2. The van der Waals surface area contributed by atoms with Crippen molar-refractivity contribution in [2.45, 2.75) is 208 Å². The van der Waals surface area contributed by atoms with Gasteiger partial charge in [-0.1, -0.05) is 187 Å². The van der Waals surface area contributed by atoms with Gasteiger partial charge in [0, 0.05) is 22.8 Å². The molecule has 2 aromatic carbocycles. The van der Waals surface area contributed by atoms with E-state index in [4.69, 9.17) is 0 Å². The Balaban J connectivity index is 0.000000903.